The second-order valence-corrected chi connectivity index (χ2v) is 5.29. The Balaban J connectivity index is 1.79. The first kappa shape index (κ1) is 15.3. The molecule has 1 aromatic rings. The number of aliphatic hydroxyl groups is 4. The van der Waals surface area contributed by atoms with Crippen molar-refractivity contribution in [3.8, 4) is 0 Å². The second kappa shape index (κ2) is 5.92. The highest BCUT2D eigenvalue weighted by Gasteiger charge is 2.46. The van der Waals surface area contributed by atoms with Crippen molar-refractivity contribution in [1.82, 2.24) is 0 Å². The molecule has 1 fully saturated rings. The van der Waals surface area contributed by atoms with E-state index >= 15 is 0 Å². The van der Waals surface area contributed by atoms with E-state index in [1.54, 1.807) is 24.3 Å². The smallest absolute Gasteiger partial charge is 0.258 e. The third kappa shape index (κ3) is 2.50. The van der Waals surface area contributed by atoms with E-state index in [0.29, 0.717) is 11.3 Å². The maximum Gasteiger partial charge on any atom is 0.258 e. The number of anilines is 1. The van der Waals surface area contributed by atoms with Crippen molar-refractivity contribution >= 4 is 11.6 Å². The van der Waals surface area contributed by atoms with Crippen LogP contribution < -0.4 is 5.32 Å². The SMILES string of the molecule is O=C1Nc2ccccc2[C@@H]1O[C@@H]1O[C@H](CO)[C@@H](O)[C@H](O)[C@H]1O. The Labute approximate surface area is 125 Å². The van der Waals surface area contributed by atoms with Gasteiger partial charge in [-0.25, -0.2) is 0 Å². The number of fused-ring (bicyclic) bond motifs is 1. The average Bonchev–Trinajstić information content (AvgIpc) is 2.83. The molecular weight excluding hydrogens is 294 g/mol. The van der Waals surface area contributed by atoms with E-state index in [9.17, 15) is 20.1 Å². The van der Waals surface area contributed by atoms with Crippen molar-refractivity contribution < 1.29 is 34.7 Å². The summed E-state index contributed by atoms with van der Waals surface area (Å²) in [5.74, 6) is -0.418. The maximum atomic E-state index is 12.0. The van der Waals surface area contributed by atoms with E-state index in [1.165, 1.54) is 0 Å². The molecule has 5 N–H and O–H groups in total. The molecule has 0 saturated carbocycles. The topological polar surface area (TPSA) is 128 Å². The zero-order valence-electron chi connectivity index (χ0n) is 11.5. The van der Waals surface area contributed by atoms with Crippen LogP contribution in [0.15, 0.2) is 24.3 Å². The molecule has 2 heterocycles. The molecule has 3 rings (SSSR count). The van der Waals surface area contributed by atoms with E-state index in [4.69, 9.17) is 14.6 Å². The first-order chi connectivity index (χ1) is 10.5. The van der Waals surface area contributed by atoms with Gasteiger partial charge in [0.2, 0.25) is 0 Å². The Morgan fingerprint density at radius 1 is 1.14 bits per heavy atom. The zero-order valence-corrected chi connectivity index (χ0v) is 11.5. The summed E-state index contributed by atoms with van der Waals surface area (Å²) in [7, 11) is 0. The summed E-state index contributed by atoms with van der Waals surface area (Å²) < 4.78 is 10.7. The Morgan fingerprint density at radius 2 is 1.86 bits per heavy atom. The van der Waals surface area contributed by atoms with Gasteiger partial charge in [-0.05, 0) is 6.07 Å². The third-order valence-electron chi connectivity index (χ3n) is 3.86. The van der Waals surface area contributed by atoms with Crippen LogP contribution in [0.2, 0.25) is 0 Å². The number of benzene rings is 1. The predicted molar refractivity (Wildman–Crippen MR) is 72.7 cm³/mol. The van der Waals surface area contributed by atoms with Crippen LogP contribution in [0.4, 0.5) is 5.69 Å². The van der Waals surface area contributed by atoms with Crippen LogP contribution in [-0.2, 0) is 14.3 Å². The first-order valence-electron chi connectivity index (χ1n) is 6.88. The van der Waals surface area contributed by atoms with Crippen LogP contribution in [0.1, 0.15) is 11.7 Å². The van der Waals surface area contributed by atoms with Gasteiger partial charge in [0.05, 0.1) is 6.61 Å². The standard InChI is InChI=1S/C14H17NO7/c16-5-8-9(17)10(18)11(19)14(21-8)22-12-6-3-1-2-4-7(6)15-13(12)20/h1-4,8-12,14,16-19H,5H2,(H,15,20)/t8-,9-,10+,11-,12+,14+/m1/s1. The van der Waals surface area contributed by atoms with Gasteiger partial charge in [-0.2, -0.15) is 0 Å². The van der Waals surface area contributed by atoms with Crippen molar-refractivity contribution in [2.75, 3.05) is 11.9 Å². The fourth-order valence-electron chi connectivity index (χ4n) is 2.63. The van der Waals surface area contributed by atoms with E-state index in [1.807, 2.05) is 0 Å². The van der Waals surface area contributed by atoms with Gasteiger partial charge in [0, 0.05) is 11.3 Å². The highest BCUT2D eigenvalue weighted by Crippen LogP contribution is 2.35. The minimum Gasteiger partial charge on any atom is -0.394 e. The number of ether oxygens (including phenoxy) is 2. The summed E-state index contributed by atoms with van der Waals surface area (Å²) in [6.07, 6.45) is -7.99. The van der Waals surface area contributed by atoms with Gasteiger partial charge in [-0.15, -0.1) is 0 Å². The average molecular weight is 311 g/mol. The number of hydrogen-bond acceptors (Lipinski definition) is 7. The Morgan fingerprint density at radius 3 is 2.59 bits per heavy atom. The van der Waals surface area contributed by atoms with Crippen molar-refractivity contribution in [2.45, 2.75) is 36.8 Å². The molecule has 22 heavy (non-hydrogen) atoms. The summed E-state index contributed by atoms with van der Waals surface area (Å²) in [4.78, 5) is 12.0. The summed E-state index contributed by atoms with van der Waals surface area (Å²) in [5.41, 5.74) is 1.19. The summed E-state index contributed by atoms with van der Waals surface area (Å²) in [6, 6.07) is 6.91. The number of aliphatic hydroxyl groups excluding tert-OH is 4. The molecule has 1 aromatic carbocycles. The number of amides is 1. The Kier molecular flexibility index (Phi) is 4.13. The van der Waals surface area contributed by atoms with Gasteiger partial charge in [0.15, 0.2) is 12.4 Å². The molecule has 1 saturated heterocycles. The summed E-state index contributed by atoms with van der Waals surface area (Å²) >= 11 is 0. The van der Waals surface area contributed by atoms with Gasteiger partial charge in [0.1, 0.15) is 24.4 Å². The lowest BCUT2D eigenvalue weighted by Gasteiger charge is -2.40. The molecule has 2 aliphatic rings. The van der Waals surface area contributed by atoms with Gasteiger partial charge < -0.3 is 35.2 Å². The van der Waals surface area contributed by atoms with E-state index in [-0.39, 0.29) is 0 Å². The lowest BCUT2D eigenvalue weighted by Crippen LogP contribution is -2.59. The molecule has 0 unspecified atom stereocenters. The largest absolute Gasteiger partial charge is 0.394 e. The van der Waals surface area contributed by atoms with Crippen molar-refractivity contribution in [3.63, 3.8) is 0 Å². The van der Waals surface area contributed by atoms with Crippen LogP contribution in [0.3, 0.4) is 0 Å². The van der Waals surface area contributed by atoms with E-state index in [2.05, 4.69) is 5.32 Å². The third-order valence-corrected chi connectivity index (χ3v) is 3.86. The summed E-state index contributed by atoms with van der Waals surface area (Å²) in [5, 5.41) is 41.2. The highest BCUT2D eigenvalue weighted by atomic mass is 16.7. The minimum absolute atomic E-state index is 0.418. The normalized spacial score (nSPS) is 37.7. The Hall–Kier alpha value is -1.55. The van der Waals surface area contributed by atoms with Crippen LogP contribution in [0.25, 0.3) is 0 Å². The molecule has 0 spiro atoms. The molecule has 0 radical (unpaired) electrons. The van der Waals surface area contributed by atoms with E-state index < -0.39 is 49.3 Å². The number of carbonyl (C=O) groups is 1. The molecule has 6 atom stereocenters. The number of rotatable bonds is 3. The quantitative estimate of drug-likeness (QED) is 0.459. The molecule has 2 aliphatic heterocycles. The van der Waals surface area contributed by atoms with Gasteiger partial charge in [0.25, 0.3) is 5.91 Å². The zero-order chi connectivity index (χ0) is 15.9. The van der Waals surface area contributed by atoms with E-state index in [0.717, 1.165) is 0 Å². The predicted octanol–water partition coefficient (Wildman–Crippen LogP) is -1.50. The monoisotopic (exact) mass is 311 g/mol. The fourth-order valence-corrected chi connectivity index (χ4v) is 2.63. The number of nitrogens with one attached hydrogen (secondary N) is 1. The van der Waals surface area contributed by atoms with Crippen molar-refractivity contribution in [2.24, 2.45) is 0 Å². The fraction of sp³-hybridized carbons (Fsp3) is 0.500. The maximum absolute atomic E-state index is 12.0. The summed E-state index contributed by atoms with van der Waals surface area (Å²) in [6.45, 7) is -0.557. The second-order valence-electron chi connectivity index (χ2n) is 5.29. The number of hydrogen-bond donors (Lipinski definition) is 5. The Bertz CT molecular complexity index is 564. The molecule has 120 valence electrons. The van der Waals surface area contributed by atoms with Crippen LogP contribution in [0, 0.1) is 0 Å². The van der Waals surface area contributed by atoms with Crippen molar-refractivity contribution in [3.05, 3.63) is 29.8 Å². The number of para-hydroxylation sites is 1. The molecule has 8 heteroatoms. The molecule has 1 amide bonds. The minimum atomic E-state index is -1.55. The first-order valence-corrected chi connectivity index (χ1v) is 6.88. The molecule has 0 aliphatic carbocycles. The highest BCUT2D eigenvalue weighted by molar-refractivity contribution is 6.01. The van der Waals surface area contributed by atoms with Crippen molar-refractivity contribution in [1.29, 1.82) is 0 Å². The van der Waals surface area contributed by atoms with Crippen LogP contribution in [-0.4, -0.2) is 63.6 Å². The van der Waals surface area contributed by atoms with Crippen LogP contribution in [0.5, 0.6) is 0 Å². The van der Waals surface area contributed by atoms with Gasteiger partial charge in [-0.3, -0.25) is 4.79 Å². The lowest BCUT2D eigenvalue weighted by molar-refractivity contribution is -0.308. The molecule has 8 nitrogen and oxygen atoms in total. The molecular formula is C14H17NO7. The van der Waals surface area contributed by atoms with Crippen LogP contribution >= 0.6 is 0 Å². The molecule has 0 aromatic heterocycles. The van der Waals surface area contributed by atoms with Gasteiger partial charge in [-0.1, -0.05) is 18.2 Å². The van der Waals surface area contributed by atoms with Gasteiger partial charge >= 0.3 is 0 Å². The molecule has 0 bridgehead atoms. The number of carbonyl (C=O) groups excluding carboxylic acids is 1. The lowest BCUT2D eigenvalue weighted by atomic mass is 9.99.